The number of anilines is 1. The van der Waals surface area contributed by atoms with Crippen molar-refractivity contribution in [3.8, 4) is 5.75 Å². The molecule has 5 heteroatoms. The molecule has 0 radical (unpaired) electrons. The van der Waals surface area contributed by atoms with E-state index in [-0.39, 0.29) is 0 Å². The van der Waals surface area contributed by atoms with Crippen LogP contribution in [0.2, 0.25) is 0 Å². The highest BCUT2D eigenvalue weighted by molar-refractivity contribution is 8.00. The second kappa shape index (κ2) is 8.33. The van der Waals surface area contributed by atoms with E-state index in [9.17, 15) is 0 Å². The zero-order valence-electron chi connectivity index (χ0n) is 14.4. The molecule has 0 aromatic heterocycles. The van der Waals surface area contributed by atoms with Crippen molar-refractivity contribution in [2.45, 2.75) is 19.6 Å². The van der Waals surface area contributed by atoms with Gasteiger partial charge in [0.05, 0.1) is 24.6 Å². The molecule has 132 valence electrons. The first kappa shape index (κ1) is 17.7. The standard InChI is InChI=1S/C21H19NOS3/c1-23-21-5-3-2-4-20(21)22-14-24-16-6-10-18(11-7-16)26-19-12-8-17(9-13-19)25-15-22/h2-13H,14-15H2,1H3. The van der Waals surface area contributed by atoms with Crippen LogP contribution in [0.1, 0.15) is 0 Å². The monoisotopic (exact) mass is 397 g/mol. The van der Waals surface area contributed by atoms with Crippen molar-refractivity contribution in [2.75, 3.05) is 23.8 Å². The average molecular weight is 398 g/mol. The van der Waals surface area contributed by atoms with Crippen LogP contribution in [0, 0.1) is 0 Å². The number of hydrogen-bond acceptors (Lipinski definition) is 5. The van der Waals surface area contributed by atoms with E-state index >= 15 is 0 Å². The highest BCUT2D eigenvalue weighted by Gasteiger charge is 2.13. The number of thioether (sulfide) groups is 2. The Bertz CT molecular complexity index is 816. The lowest BCUT2D eigenvalue weighted by molar-refractivity contribution is 0.415. The van der Waals surface area contributed by atoms with Crippen LogP contribution in [0.25, 0.3) is 0 Å². The van der Waals surface area contributed by atoms with Gasteiger partial charge < -0.3 is 9.64 Å². The minimum Gasteiger partial charge on any atom is -0.495 e. The molecule has 0 unspecified atom stereocenters. The number of para-hydroxylation sites is 2. The summed E-state index contributed by atoms with van der Waals surface area (Å²) >= 11 is 5.52. The summed E-state index contributed by atoms with van der Waals surface area (Å²) in [6.07, 6.45) is 0. The van der Waals surface area contributed by atoms with Crippen molar-refractivity contribution >= 4 is 41.0 Å². The Morgan fingerprint density at radius 1 is 0.692 bits per heavy atom. The first-order valence-electron chi connectivity index (χ1n) is 8.33. The summed E-state index contributed by atoms with van der Waals surface area (Å²) in [5.41, 5.74) is 1.13. The van der Waals surface area contributed by atoms with E-state index in [1.165, 1.54) is 19.6 Å². The fraction of sp³-hybridized carbons (Fsp3) is 0.143. The minimum absolute atomic E-state index is 0.873. The molecule has 0 fully saturated rings. The number of hydrogen-bond donors (Lipinski definition) is 0. The molecule has 0 spiro atoms. The predicted octanol–water partition coefficient (Wildman–Crippen LogP) is 6.47. The average Bonchev–Trinajstić information content (AvgIpc) is 2.70. The summed E-state index contributed by atoms with van der Waals surface area (Å²) in [7, 11) is 1.73. The molecule has 0 saturated carbocycles. The Kier molecular flexibility index (Phi) is 5.68. The van der Waals surface area contributed by atoms with Gasteiger partial charge in [0.25, 0.3) is 0 Å². The van der Waals surface area contributed by atoms with Crippen LogP contribution >= 0.6 is 35.3 Å². The van der Waals surface area contributed by atoms with Crippen molar-refractivity contribution in [3.63, 3.8) is 0 Å². The maximum absolute atomic E-state index is 5.59. The van der Waals surface area contributed by atoms with E-state index in [4.69, 9.17) is 4.74 Å². The molecular formula is C21H19NOS3. The van der Waals surface area contributed by atoms with E-state index in [2.05, 4.69) is 65.6 Å². The Balaban J connectivity index is 1.68. The number of rotatable bonds is 2. The molecule has 3 aromatic carbocycles. The summed E-state index contributed by atoms with van der Waals surface area (Å²) in [5, 5.41) is 0. The molecule has 4 aliphatic rings. The van der Waals surface area contributed by atoms with Crippen LogP contribution in [-0.2, 0) is 0 Å². The molecule has 0 amide bonds. The quantitative estimate of drug-likeness (QED) is 0.490. The number of benzene rings is 3. The third-order valence-electron chi connectivity index (χ3n) is 4.08. The molecular weight excluding hydrogens is 378 g/mol. The third kappa shape index (κ3) is 4.17. The van der Waals surface area contributed by atoms with Crippen LogP contribution < -0.4 is 9.64 Å². The van der Waals surface area contributed by atoms with E-state index in [0.717, 1.165) is 23.2 Å². The summed E-state index contributed by atoms with van der Waals surface area (Å²) in [6.45, 7) is 0. The molecule has 0 saturated heterocycles. The Morgan fingerprint density at radius 3 is 1.73 bits per heavy atom. The van der Waals surface area contributed by atoms with Crippen LogP contribution in [0.15, 0.2) is 92.4 Å². The Hall–Kier alpha value is -1.69. The van der Waals surface area contributed by atoms with Crippen molar-refractivity contribution in [1.82, 2.24) is 0 Å². The number of methoxy groups -OCH3 is 1. The smallest absolute Gasteiger partial charge is 0.142 e. The van der Waals surface area contributed by atoms with Crippen molar-refractivity contribution in [3.05, 3.63) is 72.8 Å². The molecule has 3 aromatic rings. The second-order valence-electron chi connectivity index (χ2n) is 5.80. The fourth-order valence-electron chi connectivity index (χ4n) is 2.72. The topological polar surface area (TPSA) is 12.5 Å². The van der Waals surface area contributed by atoms with Crippen molar-refractivity contribution in [2.24, 2.45) is 0 Å². The van der Waals surface area contributed by atoms with Gasteiger partial charge in [-0.3, -0.25) is 0 Å². The van der Waals surface area contributed by atoms with Crippen LogP contribution in [-0.4, -0.2) is 18.9 Å². The van der Waals surface area contributed by atoms with Crippen molar-refractivity contribution in [1.29, 1.82) is 0 Å². The maximum Gasteiger partial charge on any atom is 0.142 e. The van der Waals surface area contributed by atoms with Crippen LogP contribution in [0.5, 0.6) is 5.75 Å². The van der Waals surface area contributed by atoms with Gasteiger partial charge in [0.1, 0.15) is 5.75 Å². The Labute approximate surface area is 167 Å². The van der Waals surface area contributed by atoms with Crippen LogP contribution in [0.4, 0.5) is 5.69 Å². The van der Waals surface area contributed by atoms with Gasteiger partial charge in [0.15, 0.2) is 0 Å². The molecule has 0 N–H and O–H groups in total. The maximum atomic E-state index is 5.59. The number of ether oxygens (including phenoxy) is 1. The Morgan fingerprint density at radius 2 is 1.19 bits per heavy atom. The van der Waals surface area contributed by atoms with Gasteiger partial charge >= 0.3 is 0 Å². The summed E-state index contributed by atoms with van der Waals surface area (Å²) < 4.78 is 5.59. The van der Waals surface area contributed by atoms with E-state index < -0.39 is 0 Å². The molecule has 0 aliphatic carbocycles. The van der Waals surface area contributed by atoms with Gasteiger partial charge in [-0.1, -0.05) is 23.9 Å². The summed E-state index contributed by atoms with van der Waals surface area (Å²) in [5.74, 6) is 2.66. The zero-order chi connectivity index (χ0) is 17.8. The molecule has 26 heavy (non-hydrogen) atoms. The molecule has 4 bridgehead atoms. The highest BCUT2D eigenvalue weighted by atomic mass is 32.2. The highest BCUT2D eigenvalue weighted by Crippen LogP contribution is 2.36. The molecule has 2 nitrogen and oxygen atoms in total. The molecule has 4 heterocycles. The largest absolute Gasteiger partial charge is 0.495 e. The molecule has 7 rings (SSSR count). The van der Waals surface area contributed by atoms with Gasteiger partial charge in [0.2, 0.25) is 0 Å². The zero-order valence-corrected chi connectivity index (χ0v) is 16.9. The van der Waals surface area contributed by atoms with Gasteiger partial charge in [-0.25, -0.2) is 0 Å². The first-order chi connectivity index (χ1) is 12.8. The predicted molar refractivity (Wildman–Crippen MR) is 114 cm³/mol. The van der Waals surface area contributed by atoms with E-state index in [0.29, 0.717) is 0 Å². The van der Waals surface area contributed by atoms with Crippen LogP contribution in [0.3, 0.4) is 0 Å². The third-order valence-corrected chi connectivity index (χ3v) is 7.19. The van der Waals surface area contributed by atoms with Gasteiger partial charge in [-0.05, 0) is 60.7 Å². The summed E-state index contributed by atoms with van der Waals surface area (Å²) in [6, 6.07) is 25.9. The van der Waals surface area contributed by atoms with Gasteiger partial charge in [-0.15, -0.1) is 23.5 Å². The van der Waals surface area contributed by atoms with Crippen molar-refractivity contribution < 1.29 is 4.74 Å². The van der Waals surface area contributed by atoms with Gasteiger partial charge in [0, 0.05) is 19.6 Å². The molecule has 4 aliphatic heterocycles. The minimum atomic E-state index is 0.873. The lowest BCUT2D eigenvalue weighted by Gasteiger charge is -2.26. The molecule has 0 atom stereocenters. The lowest BCUT2D eigenvalue weighted by Crippen LogP contribution is -2.22. The fourth-order valence-corrected chi connectivity index (χ4v) is 5.38. The first-order valence-corrected chi connectivity index (χ1v) is 11.1. The lowest BCUT2D eigenvalue weighted by atomic mass is 10.3. The van der Waals surface area contributed by atoms with E-state index in [1.807, 2.05) is 47.4 Å². The normalized spacial score (nSPS) is 14.3. The SMILES string of the molecule is COc1ccccc1N1CSc2ccc(cc2)Sc2ccc(cc2)SC1. The second-order valence-corrected chi connectivity index (χ2v) is 8.99. The van der Waals surface area contributed by atoms with Gasteiger partial charge in [-0.2, -0.15) is 0 Å². The van der Waals surface area contributed by atoms with E-state index in [1.54, 1.807) is 7.11 Å². The summed E-state index contributed by atoms with van der Waals surface area (Å²) in [4.78, 5) is 7.48. The number of nitrogens with zero attached hydrogens (tertiary/aromatic N) is 1.